The topological polar surface area (TPSA) is 44.8 Å². The number of carbonyl (C=O) groups excluding carboxylic acids is 1. The van der Waals surface area contributed by atoms with Crippen LogP contribution in [-0.4, -0.2) is 26.3 Å². The summed E-state index contributed by atoms with van der Waals surface area (Å²) in [6, 6.07) is 28.4. The second-order valence-corrected chi connectivity index (χ2v) is 9.22. The van der Waals surface area contributed by atoms with Gasteiger partial charge in [-0.2, -0.15) is 0 Å². The highest BCUT2D eigenvalue weighted by Gasteiger charge is 2.19. The summed E-state index contributed by atoms with van der Waals surface area (Å²) in [6.07, 6.45) is 2.30. The first-order valence-electron chi connectivity index (χ1n) is 12.9. The maximum Gasteiger partial charge on any atom is 0.338 e. The summed E-state index contributed by atoms with van der Waals surface area (Å²) in [5.41, 5.74) is 5.31. The third-order valence-corrected chi connectivity index (χ3v) is 6.38. The van der Waals surface area contributed by atoms with Gasteiger partial charge in [0.05, 0.1) is 12.2 Å². The highest BCUT2D eigenvalue weighted by Crippen LogP contribution is 2.36. The minimum atomic E-state index is -0.447. The molecule has 0 aromatic heterocycles. The van der Waals surface area contributed by atoms with Crippen LogP contribution in [-0.2, 0) is 28.9 Å². The molecule has 0 fully saturated rings. The second-order valence-electron chi connectivity index (χ2n) is 9.22. The van der Waals surface area contributed by atoms with Gasteiger partial charge in [-0.25, -0.2) is 9.18 Å². The van der Waals surface area contributed by atoms with Gasteiger partial charge < -0.3 is 14.2 Å². The van der Waals surface area contributed by atoms with E-state index in [1.807, 2.05) is 73.7 Å². The Hall–Kier alpha value is -3.96. The number of methoxy groups -OCH3 is 1. The fraction of sp³-hybridized carbons (Fsp3) is 0.242. The maximum absolute atomic E-state index is 15.2. The summed E-state index contributed by atoms with van der Waals surface area (Å²) < 4.78 is 31.9. The summed E-state index contributed by atoms with van der Waals surface area (Å²) in [5.74, 6) is -0.344. The second kappa shape index (κ2) is 13.5. The van der Waals surface area contributed by atoms with Crippen molar-refractivity contribution in [3.05, 3.63) is 125 Å². The zero-order chi connectivity index (χ0) is 26.7. The summed E-state index contributed by atoms with van der Waals surface area (Å²) >= 11 is 0. The third kappa shape index (κ3) is 7.30. The summed E-state index contributed by atoms with van der Waals surface area (Å²) in [7, 11) is 1.63. The molecule has 0 amide bonds. The van der Waals surface area contributed by atoms with Crippen LogP contribution >= 0.6 is 0 Å². The lowest BCUT2D eigenvalue weighted by atomic mass is 9.95. The Labute approximate surface area is 224 Å². The van der Waals surface area contributed by atoms with Crippen molar-refractivity contribution in [3.8, 4) is 16.9 Å². The number of rotatable bonds is 12. The van der Waals surface area contributed by atoms with Crippen molar-refractivity contribution in [3.63, 3.8) is 0 Å². The van der Waals surface area contributed by atoms with E-state index in [-0.39, 0.29) is 12.4 Å². The highest BCUT2D eigenvalue weighted by molar-refractivity contribution is 5.93. The van der Waals surface area contributed by atoms with Crippen molar-refractivity contribution >= 4 is 5.97 Å². The van der Waals surface area contributed by atoms with E-state index in [0.29, 0.717) is 47.6 Å². The number of carbonyl (C=O) groups is 1. The molecule has 4 rings (SSSR count). The van der Waals surface area contributed by atoms with Crippen LogP contribution in [0.25, 0.3) is 11.1 Å². The molecule has 5 heteroatoms. The van der Waals surface area contributed by atoms with Gasteiger partial charge in [0.2, 0.25) is 0 Å². The molecule has 0 aliphatic carbocycles. The van der Waals surface area contributed by atoms with E-state index in [0.717, 1.165) is 24.0 Å². The number of halogens is 1. The molecule has 0 aliphatic heterocycles. The summed E-state index contributed by atoms with van der Waals surface area (Å²) in [6.45, 7) is 2.91. The van der Waals surface area contributed by atoms with Crippen molar-refractivity contribution in [2.45, 2.75) is 32.8 Å². The summed E-state index contributed by atoms with van der Waals surface area (Å²) in [4.78, 5) is 13.0. The maximum atomic E-state index is 15.2. The van der Waals surface area contributed by atoms with E-state index in [4.69, 9.17) is 14.2 Å². The molecule has 0 radical (unpaired) electrons. The minimum Gasteiger partial charge on any atom is -0.493 e. The van der Waals surface area contributed by atoms with Gasteiger partial charge >= 0.3 is 5.97 Å². The van der Waals surface area contributed by atoms with Crippen molar-refractivity contribution in [1.82, 2.24) is 0 Å². The molecule has 0 aliphatic rings. The number of esters is 1. The molecule has 4 aromatic carbocycles. The Balaban J connectivity index is 1.61. The van der Waals surface area contributed by atoms with Crippen LogP contribution < -0.4 is 4.74 Å². The quantitative estimate of drug-likeness (QED) is 0.147. The van der Waals surface area contributed by atoms with Crippen LogP contribution in [0.3, 0.4) is 0 Å². The smallest absolute Gasteiger partial charge is 0.338 e. The van der Waals surface area contributed by atoms with Gasteiger partial charge in [0.15, 0.2) is 0 Å². The first kappa shape index (κ1) is 27.1. The molecule has 0 spiro atoms. The average Bonchev–Trinajstić information content (AvgIpc) is 2.95. The molecule has 0 heterocycles. The number of aryl methyl sites for hydroxylation is 3. The number of ether oxygens (including phenoxy) is 3. The Morgan fingerprint density at radius 2 is 1.45 bits per heavy atom. The van der Waals surface area contributed by atoms with Crippen molar-refractivity contribution in [2.75, 3.05) is 20.3 Å². The van der Waals surface area contributed by atoms with Crippen LogP contribution in [0, 0.1) is 12.7 Å². The molecule has 4 nitrogen and oxygen atoms in total. The third-order valence-electron chi connectivity index (χ3n) is 6.38. The van der Waals surface area contributed by atoms with Crippen LogP contribution in [0.5, 0.6) is 5.75 Å². The van der Waals surface area contributed by atoms with E-state index in [1.165, 1.54) is 11.6 Å². The Kier molecular flexibility index (Phi) is 9.65. The number of hydrogen-bond donors (Lipinski definition) is 0. The molecule has 196 valence electrons. The predicted octanol–water partition coefficient (Wildman–Crippen LogP) is 7.36. The molecule has 0 atom stereocenters. The molecule has 0 saturated heterocycles. The first-order valence-corrected chi connectivity index (χ1v) is 12.9. The number of hydrogen-bond acceptors (Lipinski definition) is 4. The number of benzene rings is 4. The van der Waals surface area contributed by atoms with Gasteiger partial charge in [-0.3, -0.25) is 0 Å². The molecule has 0 bridgehead atoms. The van der Waals surface area contributed by atoms with Crippen molar-refractivity contribution < 1.29 is 23.4 Å². The molecule has 38 heavy (non-hydrogen) atoms. The highest BCUT2D eigenvalue weighted by atomic mass is 19.1. The molecule has 0 N–H and O–H groups in total. The standard InChI is InChI=1S/C33H33FO4/c1-24-20-30(29-21-26(16-17-31(29)34)15-14-25-10-5-3-6-11-25)32(37-19-9-18-36-2)22-28(24)33(35)38-23-27-12-7-4-8-13-27/h3-8,10-13,16-17,20-22H,9,14-15,18-19,23H2,1-2H3. The fourth-order valence-electron chi connectivity index (χ4n) is 4.29. The first-order chi connectivity index (χ1) is 18.5. The van der Waals surface area contributed by atoms with Gasteiger partial charge in [-0.1, -0.05) is 66.7 Å². The van der Waals surface area contributed by atoms with E-state index in [9.17, 15) is 4.79 Å². The predicted molar refractivity (Wildman–Crippen MR) is 148 cm³/mol. The van der Waals surface area contributed by atoms with E-state index in [2.05, 4.69) is 12.1 Å². The Bertz CT molecular complexity index is 1340. The van der Waals surface area contributed by atoms with Crippen molar-refractivity contribution in [2.24, 2.45) is 0 Å². The molecule has 4 aromatic rings. The molecule has 0 unspecified atom stereocenters. The lowest BCUT2D eigenvalue weighted by Crippen LogP contribution is -2.09. The van der Waals surface area contributed by atoms with Gasteiger partial charge in [-0.05, 0) is 66.3 Å². The molecular weight excluding hydrogens is 479 g/mol. The van der Waals surface area contributed by atoms with Gasteiger partial charge in [0.25, 0.3) is 0 Å². The monoisotopic (exact) mass is 512 g/mol. The Morgan fingerprint density at radius 3 is 2.16 bits per heavy atom. The molecule has 0 saturated carbocycles. The minimum absolute atomic E-state index is 0.170. The Morgan fingerprint density at radius 1 is 0.763 bits per heavy atom. The largest absolute Gasteiger partial charge is 0.493 e. The van der Waals surface area contributed by atoms with Crippen LogP contribution in [0.15, 0.2) is 91.0 Å². The van der Waals surface area contributed by atoms with E-state index < -0.39 is 5.97 Å². The normalized spacial score (nSPS) is 10.8. The van der Waals surface area contributed by atoms with E-state index in [1.54, 1.807) is 13.2 Å². The van der Waals surface area contributed by atoms with Crippen LogP contribution in [0.2, 0.25) is 0 Å². The summed E-state index contributed by atoms with van der Waals surface area (Å²) in [5, 5.41) is 0. The molecular formula is C33H33FO4. The zero-order valence-corrected chi connectivity index (χ0v) is 21.9. The SMILES string of the molecule is COCCCOc1cc(C(=O)OCc2ccccc2)c(C)cc1-c1cc(CCc2ccccc2)ccc1F. The zero-order valence-electron chi connectivity index (χ0n) is 21.9. The van der Waals surface area contributed by atoms with Crippen molar-refractivity contribution in [1.29, 1.82) is 0 Å². The lowest BCUT2D eigenvalue weighted by molar-refractivity contribution is 0.0471. The van der Waals surface area contributed by atoms with E-state index >= 15 is 4.39 Å². The van der Waals surface area contributed by atoms with Gasteiger partial charge in [0.1, 0.15) is 18.2 Å². The van der Waals surface area contributed by atoms with Gasteiger partial charge in [-0.15, -0.1) is 0 Å². The van der Waals surface area contributed by atoms with Gasteiger partial charge in [0, 0.05) is 31.3 Å². The van der Waals surface area contributed by atoms with Crippen LogP contribution in [0.1, 0.15) is 39.0 Å². The lowest BCUT2D eigenvalue weighted by Gasteiger charge is -2.17. The van der Waals surface area contributed by atoms with Crippen LogP contribution in [0.4, 0.5) is 4.39 Å². The fourth-order valence-corrected chi connectivity index (χ4v) is 4.29. The average molecular weight is 513 g/mol.